The van der Waals surface area contributed by atoms with E-state index in [1.54, 1.807) is 0 Å². The molecule has 0 unspecified atom stereocenters. The summed E-state index contributed by atoms with van der Waals surface area (Å²) in [5.41, 5.74) is 0. The highest BCUT2D eigenvalue weighted by Gasteiger charge is 2.19. The predicted octanol–water partition coefficient (Wildman–Crippen LogP) is 0.650. The zero-order valence-corrected chi connectivity index (χ0v) is 17.1. The number of ether oxygens (including phenoxy) is 2. The van der Waals surface area contributed by atoms with Gasteiger partial charge in [0.25, 0.3) is 0 Å². The highest BCUT2D eigenvalue weighted by molar-refractivity contribution is 5.39. The van der Waals surface area contributed by atoms with Crippen molar-refractivity contribution < 1.29 is 9.47 Å². The first kappa shape index (κ1) is 20.3. The van der Waals surface area contributed by atoms with Crippen LogP contribution < -0.4 is 9.80 Å². The maximum Gasteiger partial charge on any atom is 0.230 e. The van der Waals surface area contributed by atoms with Crippen LogP contribution in [0.3, 0.4) is 0 Å². The molecule has 2 aliphatic heterocycles. The van der Waals surface area contributed by atoms with E-state index in [0.717, 1.165) is 87.8 Å². The van der Waals surface area contributed by atoms with E-state index in [1.807, 2.05) is 27.7 Å². The van der Waals surface area contributed by atoms with E-state index < -0.39 is 0 Å². The highest BCUT2D eigenvalue weighted by Crippen LogP contribution is 2.16. The second-order valence-electron chi connectivity index (χ2n) is 6.66. The van der Waals surface area contributed by atoms with Crippen molar-refractivity contribution in [2.24, 2.45) is 0 Å². The van der Waals surface area contributed by atoms with Gasteiger partial charge in [0.1, 0.15) is 23.3 Å². The van der Waals surface area contributed by atoms with Crippen molar-refractivity contribution in [2.45, 2.75) is 27.7 Å². The Morgan fingerprint density at radius 3 is 1.18 bits per heavy atom. The third kappa shape index (κ3) is 5.77. The van der Waals surface area contributed by atoms with E-state index in [9.17, 15) is 0 Å². The lowest BCUT2D eigenvalue weighted by Crippen LogP contribution is -2.40. The zero-order chi connectivity index (χ0) is 19.9. The average molecular weight is 388 g/mol. The zero-order valence-electron chi connectivity index (χ0n) is 17.1. The second kappa shape index (κ2) is 9.65. The Kier molecular flexibility index (Phi) is 6.99. The van der Waals surface area contributed by atoms with Crippen LogP contribution >= 0.6 is 0 Å². The average Bonchev–Trinajstić information content (AvgIpc) is 2.68. The van der Waals surface area contributed by atoms with Crippen LogP contribution in [0.25, 0.3) is 0 Å². The van der Waals surface area contributed by atoms with Crippen LogP contribution in [0.5, 0.6) is 0 Å². The van der Waals surface area contributed by atoms with Gasteiger partial charge in [-0.1, -0.05) is 0 Å². The minimum atomic E-state index is 0.734. The molecule has 10 heteroatoms. The molecule has 0 N–H and O–H groups in total. The van der Waals surface area contributed by atoms with Crippen molar-refractivity contribution in [3.63, 3.8) is 0 Å². The molecule has 4 heterocycles. The van der Waals surface area contributed by atoms with Gasteiger partial charge in [0, 0.05) is 26.2 Å². The van der Waals surface area contributed by atoms with E-state index in [-0.39, 0.29) is 0 Å². The van der Waals surface area contributed by atoms with Crippen LogP contribution in [0.1, 0.15) is 23.3 Å². The van der Waals surface area contributed by atoms with E-state index >= 15 is 0 Å². The van der Waals surface area contributed by atoms with E-state index in [4.69, 9.17) is 9.47 Å². The Morgan fingerprint density at radius 2 is 0.821 bits per heavy atom. The Labute approximate surface area is 165 Å². The number of aromatic nitrogens is 6. The van der Waals surface area contributed by atoms with Crippen molar-refractivity contribution >= 4 is 11.9 Å². The third-order valence-electron chi connectivity index (χ3n) is 4.28. The molecule has 2 aliphatic rings. The largest absolute Gasteiger partial charge is 0.378 e. The molecule has 0 bridgehead atoms. The van der Waals surface area contributed by atoms with Crippen molar-refractivity contribution in [1.29, 1.82) is 0 Å². The molecule has 28 heavy (non-hydrogen) atoms. The lowest BCUT2D eigenvalue weighted by molar-refractivity contribution is 0.121. The van der Waals surface area contributed by atoms with Crippen LogP contribution in [0.2, 0.25) is 0 Å². The number of nitrogens with zero attached hydrogens (tertiary/aromatic N) is 8. The normalized spacial score (nSPS) is 17.1. The molecule has 2 saturated heterocycles. The number of anilines is 2. The molecule has 0 atom stereocenters. The first-order chi connectivity index (χ1) is 13.5. The molecule has 0 aliphatic carbocycles. The molecule has 10 nitrogen and oxygen atoms in total. The molecule has 0 amide bonds. The summed E-state index contributed by atoms with van der Waals surface area (Å²) in [4.78, 5) is 29.8. The SMILES string of the molecule is Cc1nc(C)nc(C)n1.Cc1nc(N2CCOCC2)nc(N2CCOCC2)n1. The van der Waals surface area contributed by atoms with Gasteiger partial charge in [0.2, 0.25) is 11.9 Å². The van der Waals surface area contributed by atoms with Gasteiger partial charge in [-0.2, -0.15) is 15.0 Å². The van der Waals surface area contributed by atoms with E-state index in [2.05, 4.69) is 39.7 Å². The minimum absolute atomic E-state index is 0.734. The highest BCUT2D eigenvalue weighted by atomic mass is 16.5. The Balaban J connectivity index is 0.000000211. The van der Waals surface area contributed by atoms with Crippen LogP contribution in [0.15, 0.2) is 0 Å². The molecule has 2 aromatic heterocycles. The first-order valence-corrected chi connectivity index (χ1v) is 9.55. The molecule has 0 aromatic carbocycles. The topological polar surface area (TPSA) is 102 Å². The maximum absolute atomic E-state index is 5.36. The van der Waals surface area contributed by atoms with Gasteiger partial charge < -0.3 is 19.3 Å². The number of hydrogen-bond acceptors (Lipinski definition) is 10. The summed E-state index contributed by atoms with van der Waals surface area (Å²) in [5.74, 6) is 4.66. The summed E-state index contributed by atoms with van der Waals surface area (Å²) in [6.45, 7) is 13.8. The van der Waals surface area contributed by atoms with Gasteiger partial charge in [-0.05, 0) is 27.7 Å². The molecule has 4 rings (SSSR count). The lowest BCUT2D eigenvalue weighted by Gasteiger charge is -2.30. The van der Waals surface area contributed by atoms with Crippen molar-refractivity contribution in [1.82, 2.24) is 29.9 Å². The standard InChI is InChI=1S/C12H19N5O2.C6H9N3/c1-10-13-11(16-2-6-18-7-3-16)15-12(14-10)17-4-8-19-9-5-17;1-4-7-5(2)9-6(3)8-4/h2-9H2,1H3;1-3H3. The summed E-state index contributed by atoms with van der Waals surface area (Å²) in [6.07, 6.45) is 0. The number of rotatable bonds is 2. The maximum atomic E-state index is 5.36. The number of hydrogen-bond donors (Lipinski definition) is 0. The summed E-state index contributed by atoms with van der Waals surface area (Å²) in [6, 6.07) is 0. The monoisotopic (exact) mass is 388 g/mol. The summed E-state index contributed by atoms with van der Waals surface area (Å²) >= 11 is 0. The van der Waals surface area contributed by atoms with Gasteiger partial charge in [0.15, 0.2) is 0 Å². The van der Waals surface area contributed by atoms with Gasteiger partial charge >= 0.3 is 0 Å². The second-order valence-corrected chi connectivity index (χ2v) is 6.66. The Bertz CT molecular complexity index is 689. The molecule has 0 spiro atoms. The first-order valence-electron chi connectivity index (χ1n) is 9.55. The molecule has 0 saturated carbocycles. The molecule has 0 radical (unpaired) electrons. The fraction of sp³-hybridized carbons (Fsp3) is 0.667. The fourth-order valence-electron chi connectivity index (χ4n) is 3.04. The smallest absolute Gasteiger partial charge is 0.230 e. The Morgan fingerprint density at radius 1 is 0.500 bits per heavy atom. The molecular weight excluding hydrogens is 360 g/mol. The molecule has 2 fully saturated rings. The van der Waals surface area contributed by atoms with Crippen molar-refractivity contribution in [3.05, 3.63) is 23.3 Å². The summed E-state index contributed by atoms with van der Waals surface area (Å²) < 4.78 is 10.7. The van der Waals surface area contributed by atoms with Crippen molar-refractivity contribution in [2.75, 3.05) is 62.4 Å². The fourth-order valence-corrected chi connectivity index (χ4v) is 3.04. The Hall–Kier alpha value is -2.46. The summed E-state index contributed by atoms with van der Waals surface area (Å²) in [7, 11) is 0. The van der Waals surface area contributed by atoms with Crippen LogP contribution in [-0.2, 0) is 9.47 Å². The van der Waals surface area contributed by atoms with Crippen LogP contribution in [0.4, 0.5) is 11.9 Å². The lowest BCUT2D eigenvalue weighted by atomic mass is 10.4. The predicted molar refractivity (Wildman–Crippen MR) is 105 cm³/mol. The van der Waals surface area contributed by atoms with E-state index in [1.165, 1.54) is 0 Å². The van der Waals surface area contributed by atoms with Gasteiger partial charge in [-0.25, -0.2) is 15.0 Å². The van der Waals surface area contributed by atoms with Crippen LogP contribution in [0, 0.1) is 27.7 Å². The van der Waals surface area contributed by atoms with E-state index in [0.29, 0.717) is 0 Å². The van der Waals surface area contributed by atoms with Gasteiger partial charge in [-0.15, -0.1) is 0 Å². The summed E-state index contributed by atoms with van der Waals surface area (Å²) in [5, 5.41) is 0. The van der Waals surface area contributed by atoms with Crippen molar-refractivity contribution in [3.8, 4) is 0 Å². The van der Waals surface area contributed by atoms with Crippen LogP contribution in [-0.4, -0.2) is 82.5 Å². The van der Waals surface area contributed by atoms with Gasteiger partial charge in [0.05, 0.1) is 26.4 Å². The molecule has 2 aromatic rings. The molecular formula is C18H28N8O2. The number of aryl methyl sites for hydroxylation is 4. The van der Waals surface area contributed by atoms with Gasteiger partial charge in [-0.3, -0.25) is 0 Å². The number of morpholine rings is 2. The quantitative estimate of drug-likeness (QED) is 0.728. The molecule has 152 valence electrons. The third-order valence-corrected chi connectivity index (χ3v) is 4.28. The minimum Gasteiger partial charge on any atom is -0.378 e.